The van der Waals surface area contributed by atoms with Crippen molar-refractivity contribution in [1.82, 2.24) is 15.5 Å². The van der Waals surface area contributed by atoms with Gasteiger partial charge in [0.25, 0.3) is 0 Å². The molecule has 14 heavy (non-hydrogen) atoms. The van der Waals surface area contributed by atoms with Crippen LogP contribution in [0.15, 0.2) is 0 Å². The van der Waals surface area contributed by atoms with E-state index in [4.69, 9.17) is 0 Å². The molecule has 2 fully saturated rings. The van der Waals surface area contributed by atoms with Gasteiger partial charge >= 0.3 is 0 Å². The lowest BCUT2D eigenvalue weighted by molar-refractivity contribution is -0.132. The van der Waals surface area contributed by atoms with Crippen LogP contribution >= 0.6 is 0 Å². The van der Waals surface area contributed by atoms with Crippen LogP contribution in [-0.4, -0.2) is 49.1 Å². The molecule has 80 valence electrons. The fourth-order valence-corrected chi connectivity index (χ4v) is 2.04. The summed E-state index contributed by atoms with van der Waals surface area (Å²) in [5.74, 6) is 0.273. The molecule has 1 atom stereocenters. The number of rotatable bonds is 3. The third kappa shape index (κ3) is 2.07. The third-order valence-corrected chi connectivity index (χ3v) is 3.06. The Balaban J connectivity index is 1.77. The van der Waals surface area contributed by atoms with Crippen LogP contribution in [0.25, 0.3) is 0 Å². The second-order valence-corrected chi connectivity index (χ2v) is 4.28. The molecule has 0 aromatic heterocycles. The van der Waals surface area contributed by atoms with E-state index in [-0.39, 0.29) is 11.9 Å². The number of amides is 1. The maximum Gasteiger partial charge on any atom is 0.239 e. The van der Waals surface area contributed by atoms with Gasteiger partial charge in [-0.05, 0) is 19.8 Å². The normalized spacial score (nSPS) is 24.8. The average Bonchev–Trinajstić information content (AvgIpc) is 2.62. The van der Waals surface area contributed by atoms with Gasteiger partial charge in [0.1, 0.15) is 0 Å². The zero-order chi connectivity index (χ0) is 9.97. The predicted molar refractivity (Wildman–Crippen MR) is 55.1 cm³/mol. The van der Waals surface area contributed by atoms with E-state index in [1.165, 1.54) is 12.8 Å². The highest BCUT2D eigenvalue weighted by molar-refractivity contribution is 5.81. The van der Waals surface area contributed by atoms with Crippen LogP contribution in [0.2, 0.25) is 0 Å². The van der Waals surface area contributed by atoms with Gasteiger partial charge in [-0.25, -0.2) is 0 Å². The van der Waals surface area contributed by atoms with Crippen LogP contribution in [0.3, 0.4) is 0 Å². The van der Waals surface area contributed by atoms with E-state index in [9.17, 15) is 4.79 Å². The first-order chi connectivity index (χ1) is 6.77. The van der Waals surface area contributed by atoms with Gasteiger partial charge in [-0.3, -0.25) is 4.79 Å². The smallest absolute Gasteiger partial charge is 0.239 e. The van der Waals surface area contributed by atoms with Gasteiger partial charge in [0.05, 0.1) is 6.04 Å². The minimum atomic E-state index is -0.0137. The van der Waals surface area contributed by atoms with Crippen molar-refractivity contribution in [3.05, 3.63) is 0 Å². The van der Waals surface area contributed by atoms with Gasteiger partial charge in [-0.2, -0.15) is 0 Å². The largest absolute Gasteiger partial charge is 0.341 e. The number of hydrogen-bond acceptors (Lipinski definition) is 3. The van der Waals surface area contributed by atoms with Gasteiger partial charge in [-0.15, -0.1) is 0 Å². The third-order valence-electron chi connectivity index (χ3n) is 3.06. The van der Waals surface area contributed by atoms with E-state index in [2.05, 4.69) is 10.6 Å². The molecule has 2 aliphatic rings. The number of carbonyl (C=O) groups excluding carboxylic acids is 1. The van der Waals surface area contributed by atoms with Gasteiger partial charge < -0.3 is 15.5 Å². The number of nitrogens with one attached hydrogen (secondary N) is 2. The highest BCUT2D eigenvalue weighted by atomic mass is 16.2. The zero-order valence-corrected chi connectivity index (χ0v) is 8.75. The summed E-state index contributed by atoms with van der Waals surface area (Å²) < 4.78 is 0. The summed E-state index contributed by atoms with van der Waals surface area (Å²) in [7, 11) is 0. The summed E-state index contributed by atoms with van der Waals surface area (Å²) in [6, 6.07) is 0.483. The SMILES string of the molecule is CC(NC1CNC1)C(=O)N1CCCC1. The molecule has 0 aromatic carbocycles. The Kier molecular flexibility index (Phi) is 3.03. The molecule has 2 saturated heterocycles. The van der Waals surface area contributed by atoms with Crippen LogP contribution in [0.1, 0.15) is 19.8 Å². The van der Waals surface area contributed by atoms with Gasteiger partial charge in [-0.1, -0.05) is 0 Å². The second-order valence-electron chi connectivity index (χ2n) is 4.28. The van der Waals surface area contributed by atoms with Gasteiger partial charge in [0.15, 0.2) is 0 Å². The minimum Gasteiger partial charge on any atom is -0.341 e. The topological polar surface area (TPSA) is 44.4 Å². The van der Waals surface area contributed by atoms with Crippen molar-refractivity contribution in [2.45, 2.75) is 31.8 Å². The summed E-state index contributed by atoms with van der Waals surface area (Å²) in [5, 5.41) is 6.53. The first-order valence-electron chi connectivity index (χ1n) is 5.53. The van der Waals surface area contributed by atoms with E-state index >= 15 is 0 Å². The highest BCUT2D eigenvalue weighted by Crippen LogP contribution is 2.09. The summed E-state index contributed by atoms with van der Waals surface area (Å²) in [6.07, 6.45) is 2.34. The van der Waals surface area contributed by atoms with Crippen LogP contribution < -0.4 is 10.6 Å². The molecule has 0 aliphatic carbocycles. The number of nitrogens with zero attached hydrogens (tertiary/aromatic N) is 1. The Hall–Kier alpha value is -0.610. The summed E-state index contributed by atoms with van der Waals surface area (Å²) >= 11 is 0. The molecule has 4 nitrogen and oxygen atoms in total. The zero-order valence-electron chi connectivity index (χ0n) is 8.75. The number of hydrogen-bond donors (Lipinski definition) is 2. The van der Waals surface area contributed by atoms with E-state index < -0.39 is 0 Å². The molecule has 0 aromatic rings. The maximum atomic E-state index is 11.9. The first-order valence-corrected chi connectivity index (χ1v) is 5.53. The Morgan fingerprint density at radius 1 is 1.43 bits per heavy atom. The quantitative estimate of drug-likeness (QED) is 0.644. The lowest BCUT2D eigenvalue weighted by Gasteiger charge is -2.32. The molecule has 2 aliphatic heterocycles. The average molecular weight is 197 g/mol. The van der Waals surface area contributed by atoms with E-state index in [1.807, 2.05) is 11.8 Å². The molecule has 4 heteroatoms. The molecule has 2 N–H and O–H groups in total. The van der Waals surface area contributed by atoms with E-state index in [0.717, 1.165) is 26.2 Å². The maximum absolute atomic E-state index is 11.9. The summed E-state index contributed by atoms with van der Waals surface area (Å²) in [6.45, 7) is 5.87. The Morgan fingerprint density at radius 2 is 2.07 bits per heavy atom. The molecule has 1 amide bonds. The van der Waals surface area contributed by atoms with Gasteiger partial charge in [0, 0.05) is 32.2 Å². The standard InChI is InChI=1S/C10H19N3O/c1-8(12-9-6-11-7-9)10(14)13-4-2-3-5-13/h8-9,11-12H,2-7H2,1H3. The van der Waals surface area contributed by atoms with Crippen molar-refractivity contribution in [2.24, 2.45) is 0 Å². The van der Waals surface area contributed by atoms with Crippen molar-refractivity contribution >= 4 is 5.91 Å². The Labute approximate surface area is 85.0 Å². The molecule has 0 spiro atoms. The fraction of sp³-hybridized carbons (Fsp3) is 0.900. The monoisotopic (exact) mass is 197 g/mol. The van der Waals surface area contributed by atoms with Crippen molar-refractivity contribution < 1.29 is 4.79 Å². The van der Waals surface area contributed by atoms with E-state index in [1.54, 1.807) is 0 Å². The van der Waals surface area contributed by atoms with Crippen molar-refractivity contribution in [3.8, 4) is 0 Å². The molecule has 0 bridgehead atoms. The van der Waals surface area contributed by atoms with Crippen LogP contribution in [0.4, 0.5) is 0 Å². The molecule has 2 rings (SSSR count). The van der Waals surface area contributed by atoms with Crippen LogP contribution in [0, 0.1) is 0 Å². The van der Waals surface area contributed by atoms with Crippen LogP contribution in [0.5, 0.6) is 0 Å². The summed E-state index contributed by atoms with van der Waals surface area (Å²) in [4.78, 5) is 13.8. The van der Waals surface area contributed by atoms with Crippen molar-refractivity contribution in [2.75, 3.05) is 26.2 Å². The molecule has 1 unspecified atom stereocenters. The predicted octanol–water partition coefficient (Wildman–Crippen LogP) is -0.441. The first kappa shape index (κ1) is 9.93. The molecule has 0 saturated carbocycles. The highest BCUT2D eigenvalue weighted by Gasteiger charge is 2.26. The minimum absolute atomic E-state index is 0.0137. The number of carbonyl (C=O) groups is 1. The Bertz CT molecular complexity index is 209. The van der Waals surface area contributed by atoms with E-state index in [0.29, 0.717) is 6.04 Å². The molecule has 2 heterocycles. The lowest BCUT2D eigenvalue weighted by atomic mass is 10.1. The van der Waals surface area contributed by atoms with Gasteiger partial charge in [0.2, 0.25) is 5.91 Å². The lowest BCUT2D eigenvalue weighted by Crippen LogP contribution is -2.60. The Morgan fingerprint density at radius 3 is 2.57 bits per heavy atom. The fourth-order valence-electron chi connectivity index (χ4n) is 2.04. The second kappa shape index (κ2) is 4.28. The number of likely N-dealkylation sites (tertiary alicyclic amines) is 1. The molecular formula is C10H19N3O. The molecular weight excluding hydrogens is 178 g/mol. The van der Waals surface area contributed by atoms with Crippen LogP contribution in [-0.2, 0) is 4.79 Å². The van der Waals surface area contributed by atoms with Crippen molar-refractivity contribution in [1.29, 1.82) is 0 Å². The molecule has 0 radical (unpaired) electrons. The van der Waals surface area contributed by atoms with Crippen molar-refractivity contribution in [3.63, 3.8) is 0 Å². The summed E-state index contributed by atoms with van der Waals surface area (Å²) in [5.41, 5.74) is 0.